The molecule has 1 rings (SSSR count). The van der Waals surface area contributed by atoms with Gasteiger partial charge in [0.1, 0.15) is 5.82 Å². The van der Waals surface area contributed by atoms with Gasteiger partial charge in [-0.3, -0.25) is 0 Å². The lowest BCUT2D eigenvalue weighted by molar-refractivity contribution is 0.205. The fourth-order valence-corrected chi connectivity index (χ4v) is 1.43. The minimum absolute atomic E-state index is 0.458. The molecule has 1 heterocycles. The third kappa shape index (κ3) is 3.93. The van der Waals surface area contributed by atoms with E-state index >= 15 is 0 Å². The number of aryl methyl sites for hydroxylation is 1. The predicted molar refractivity (Wildman–Crippen MR) is 67.7 cm³/mol. The average Bonchev–Trinajstić information content (AvgIpc) is 2.33. The molecule has 0 amide bonds. The number of anilines is 2. The maximum Gasteiger partial charge on any atom is 0.130 e. The van der Waals surface area contributed by atoms with Crippen molar-refractivity contribution in [3.8, 4) is 6.07 Å². The van der Waals surface area contributed by atoms with E-state index in [-0.39, 0.29) is 0 Å². The minimum Gasteiger partial charge on any atom is -0.398 e. The van der Waals surface area contributed by atoms with Gasteiger partial charge in [0.15, 0.2) is 0 Å². The molecule has 0 fully saturated rings. The van der Waals surface area contributed by atoms with Crippen molar-refractivity contribution in [2.75, 3.05) is 37.4 Å². The van der Waals surface area contributed by atoms with Crippen molar-refractivity contribution >= 4 is 11.5 Å². The molecular weight excluding hydrogens is 216 g/mol. The summed E-state index contributed by atoms with van der Waals surface area (Å²) in [5, 5.41) is 8.63. The summed E-state index contributed by atoms with van der Waals surface area (Å²) >= 11 is 0. The zero-order valence-electron chi connectivity index (χ0n) is 10.3. The summed E-state index contributed by atoms with van der Waals surface area (Å²) in [5.74, 6) is 0.792. The van der Waals surface area contributed by atoms with Crippen LogP contribution in [0.4, 0.5) is 11.5 Å². The number of nitrogen functional groups attached to an aromatic ring is 1. The van der Waals surface area contributed by atoms with E-state index in [2.05, 4.69) is 11.1 Å². The Kier molecular flexibility index (Phi) is 5.24. The van der Waals surface area contributed by atoms with Gasteiger partial charge in [0.05, 0.1) is 19.1 Å². The maximum absolute atomic E-state index is 8.63. The molecule has 1 aromatic rings. The first-order valence-corrected chi connectivity index (χ1v) is 5.52. The van der Waals surface area contributed by atoms with E-state index in [0.29, 0.717) is 26.1 Å². The molecule has 0 aliphatic rings. The standard InChI is InChI=1S/C12H18N4O/c1-10-9-15-12(8-11(10)14)16(5-3-4-13)6-7-17-2/h8-9H,3,5-7H2,1-2H3,(H2,14,15). The molecule has 0 atom stereocenters. The second-order valence-electron chi connectivity index (χ2n) is 3.79. The Hall–Kier alpha value is -1.80. The van der Waals surface area contributed by atoms with Gasteiger partial charge >= 0.3 is 0 Å². The highest BCUT2D eigenvalue weighted by atomic mass is 16.5. The zero-order valence-corrected chi connectivity index (χ0v) is 10.3. The lowest BCUT2D eigenvalue weighted by Gasteiger charge is -2.22. The number of aromatic nitrogens is 1. The minimum atomic E-state index is 0.458. The first kappa shape index (κ1) is 13.3. The summed E-state index contributed by atoms with van der Waals surface area (Å²) in [6.07, 6.45) is 2.20. The summed E-state index contributed by atoms with van der Waals surface area (Å²) in [5.41, 5.74) is 7.53. The van der Waals surface area contributed by atoms with E-state index in [9.17, 15) is 0 Å². The molecule has 0 spiro atoms. The second kappa shape index (κ2) is 6.71. The Bertz CT molecular complexity index is 400. The van der Waals surface area contributed by atoms with Gasteiger partial charge in [-0.05, 0) is 12.5 Å². The number of nitrogens with zero attached hydrogens (tertiary/aromatic N) is 3. The smallest absolute Gasteiger partial charge is 0.130 e. The van der Waals surface area contributed by atoms with Crippen molar-refractivity contribution in [2.24, 2.45) is 0 Å². The van der Waals surface area contributed by atoms with Gasteiger partial charge in [0.2, 0.25) is 0 Å². The quantitative estimate of drug-likeness (QED) is 0.803. The van der Waals surface area contributed by atoms with Crippen molar-refractivity contribution in [1.29, 1.82) is 5.26 Å². The van der Waals surface area contributed by atoms with Crippen molar-refractivity contribution in [2.45, 2.75) is 13.3 Å². The SMILES string of the molecule is COCCN(CCC#N)c1cc(N)c(C)cn1. The Balaban J connectivity index is 2.80. The van der Waals surface area contributed by atoms with Gasteiger partial charge in [-0.2, -0.15) is 5.26 Å². The Morgan fingerprint density at radius 3 is 2.88 bits per heavy atom. The maximum atomic E-state index is 8.63. The summed E-state index contributed by atoms with van der Waals surface area (Å²) in [6, 6.07) is 3.96. The van der Waals surface area contributed by atoms with Gasteiger partial charge in [-0.25, -0.2) is 4.98 Å². The van der Waals surface area contributed by atoms with E-state index in [1.165, 1.54) is 0 Å². The van der Waals surface area contributed by atoms with Crippen LogP contribution in [-0.2, 0) is 4.74 Å². The monoisotopic (exact) mass is 234 g/mol. The van der Waals surface area contributed by atoms with Crippen molar-refractivity contribution in [1.82, 2.24) is 4.98 Å². The van der Waals surface area contributed by atoms with Crippen LogP contribution in [0.15, 0.2) is 12.3 Å². The van der Waals surface area contributed by atoms with Gasteiger partial charge in [0.25, 0.3) is 0 Å². The zero-order chi connectivity index (χ0) is 12.7. The van der Waals surface area contributed by atoms with E-state index in [4.69, 9.17) is 15.7 Å². The van der Waals surface area contributed by atoms with Crippen LogP contribution >= 0.6 is 0 Å². The molecule has 0 saturated carbocycles. The van der Waals surface area contributed by atoms with Crippen LogP contribution in [0.2, 0.25) is 0 Å². The molecular formula is C12H18N4O. The third-order valence-corrected chi connectivity index (χ3v) is 2.51. The normalized spacial score (nSPS) is 9.94. The molecule has 0 bridgehead atoms. The van der Waals surface area contributed by atoms with Crippen LogP contribution in [0.3, 0.4) is 0 Å². The molecule has 17 heavy (non-hydrogen) atoms. The highest BCUT2D eigenvalue weighted by molar-refractivity contribution is 5.54. The number of pyridine rings is 1. The van der Waals surface area contributed by atoms with Crippen LogP contribution in [0.25, 0.3) is 0 Å². The molecule has 0 aliphatic carbocycles. The molecule has 2 N–H and O–H groups in total. The molecule has 92 valence electrons. The fourth-order valence-electron chi connectivity index (χ4n) is 1.43. The van der Waals surface area contributed by atoms with Crippen LogP contribution in [0.1, 0.15) is 12.0 Å². The molecule has 0 radical (unpaired) electrons. The molecule has 0 aromatic carbocycles. The third-order valence-electron chi connectivity index (χ3n) is 2.51. The first-order chi connectivity index (χ1) is 8.19. The first-order valence-electron chi connectivity index (χ1n) is 5.52. The summed E-state index contributed by atoms with van der Waals surface area (Å²) in [6.45, 7) is 3.85. The van der Waals surface area contributed by atoms with Crippen LogP contribution < -0.4 is 10.6 Å². The van der Waals surface area contributed by atoms with E-state index in [1.807, 2.05) is 17.9 Å². The predicted octanol–water partition coefficient (Wildman–Crippen LogP) is 1.34. The summed E-state index contributed by atoms with van der Waals surface area (Å²) in [7, 11) is 1.65. The second-order valence-corrected chi connectivity index (χ2v) is 3.79. The van der Waals surface area contributed by atoms with Gasteiger partial charge < -0.3 is 15.4 Å². The fraction of sp³-hybridized carbons (Fsp3) is 0.500. The van der Waals surface area contributed by atoms with Crippen molar-refractivity contribution in [3.63, 3.8) is 0 Å². The van der Waals surface area contributed by atoms with Gasteiger partial charge in [0, 0.05) is 38.1 Å². The van der Waals surface area contributed by atoms with Crippen molar-refractivity contribution < 1.29 is 4.74 Å². The Morgan fingerprint density at radius 1 is 1.53 bits per heavy atom. The highest BCUT2D eigenvalue weighted by Crippen LogP contribution is 2.17. The highest BCUT2D eigenvalue weighted by Gasteiger charge is 2.08. The van der Waals surface area contributed by atoms with Crippen molar-refractivity contribution in [3.05, 3.63) is 17.8 Å². The lowest BCUT2D eigenvalue weighted by atomic mass is 10.2. The number of hydrogen-bond acceptors (Lipinski definition) is 5. The Morgan fingerprint density at radius 2 is 2.29 bits per heavy atom. The average molecular weight is 234 g/mol. The van der Waals surface area contributed by atoms with Gasteiger partial charge in [-0.15, -0.1) is 0 Å². The van der Waals surface area contributed by atoms with Crippen LogP contribution in [0.5, 0.6) is 0 Å². The van der Waals surface area contributed by atoms with Crippen LogP contribution in [-0.4, -0.2) is 31.8 Å². The number of methoxy groups -OCH3 is 1. The molecule has 0 unspecified atom stereocenters. The largest absolute Gasteiger partial charge is 0.398 e. The van der Waals surface area contributed by atoms with Crippen LogP contribution in [0, 0.1) is 18.3 Å². The molecule has 5 heteroatoms. The number of nitriles is 1. The molecule has 1 aromatic heterocycles. The number of hydrogen-bond donors (Lipinski definition) is 1. The lowest BCUT2D eigenvalue weighted by Crippen LogP contribution is -2.29. The number of rotatable bonds is 6. The molecule has 0 saturated heterocycles. The molecule has 5 nitrogen and oxygen atoms in total. The number of ether oxygens (including phenoxy) is 1. The summed E-state index contributed by atoms with van der Waals surface area (Å²) in [4.78, 5) is 6.33. The van der Waals surface area contributed by atoms with E-state index in [0.717, 1.165) is 17.1 Å². The molecule has 0 aliphatic heterocycles. The topological polar surface area (TPSA) is 75.2 Å². The van der Waals surface area contributed by atoms with E-state index in [1.54, 1.807) is 13.3 Å². The number of nitrogens with two attached hydrogens (primary N) is 1. The Labute approximate surface area is 102 Å². The van der Waals surface area contributed by atoms with E-state index < -0.39 is 0 Å². The summed E-state index contributed by atoms with van der Waals surface area (Å²) < 4.78 is 5.04. The van der Waals surface area contributed by atoms with Gasteiger partial charge in [-0.1, -0.05) is 0 Å².